The maximum atomic E-state index is 12.8. The summed E-state index contributed by atoms with van der Waals surface area (Å²) in [6.07, 6.45) is 1.40. The van der Waals surface area contributed by atoms with Crippen molar-refractivity contribution in [1.29, 1.82) is 0 Å². The average molecular weight is 367 g/mol. The van der Waals surface area contributed by atoms with Gasteiger partial charge in [0.05, 0.1) is 0 Å². The third-order valence-corrected chi connectivity index (χ3v) is 4.42. The van der Waals surface area contributed by atoms with Gasteiger partial charge in [0.15, 0.2) is 5.78 Å². The van der Waals surface area contributed by atoms with E-state index in [-0.39, 0.29) is 12.2 Å². The molecule has 0 saturated carbocycles. The van der Waals surface area contributed by atoms with Gasteiger partial charge in [-0.25, -0.2) is 4.79 Å². The highest BCUT2D eigenvalue weighted by Crippen LogP contribution is 2.17. The van der Waals surface area contributed by atoms with Gasteiger partial charge in [0.2, 0.25) is 5.91 Å². The molecule has 0 fully saturated rings. The Balaban J connectivity index is 2.16. The van der Waals surface area contributed by atoms with Crippen molar-refractivity contribution in [2.24, 2.45) is 5.92 Å². The van der Waals surface area contributed by atoms with E-state index in [1.165, 1.54) is 0 Å². The van der Waals surface area contributed by atoms with Crippen molar-refractivity contribution in [3.05, 3.63) is 71.8 Å². The van der Waals surface area contributed by atoms with E-state index in [2.05, 4.69) is 5.32 Å². The predicted octanol–water partition coefficient (Wildman–Crippen LogP) is 3.49. The second-order valence-electron chi connectivity index (χ2n) is 6.57. The first kappa shape index (κ1) is 20.4. The van der Waals surface area contributed by atoms with Crippen LogP contribution >= 0.6 is 0 Å². The molecular weight excluding hydrogens is 342 g/mol. The SMILES string of the molecule is CCC[C@H](NC(=O)[C@@H](CC(=O)c1ccccc1)Cc1ccccc1)C(=O)O. The molecule has 0 heterocycles. The van der Waals surface area contributed by atoms with Gasteiger partial charge >= 0.3 is 5.97 Å². The minimum atomic E-state index is -1.06. The van der Waals surface area contributed by atoms with E-state index < -0.39 is 23.8 Å². The number of carbonyl (C=O) groups is 3. The maximum Gasteiger partial charge on any atom is 0.326 e. The number of carboxylic acid groups (broad SMARTS) is 1. The van der Waals surface area contributed by atoms with Crippen LogP contribution in [0.5, 0.6) is 0 Å². The fourth-order valence-electron chi connectivity index (χ4n) is 2.96. The molecule has 0 spiro atoms. The number of nitrogens with one attached hydrogen (secondary N) is 1. The lowest BCUT2D eigenvalue weighted by Gasteiger charge is -2.20. The molecule has 0 aromatic heterocycles. The van der Waals surface area contributed by atoms with Gasteiger partial charge in [-0.1, -0.05) is 74.0 Å². The van der Waals surface area contributed by atoms with Crippen LogP contribution in [0.2, 0.25) is 0 Å². The lowest BCUT2D eigenvalue weighted by Crippen LogP contribution is -2.44. The van der Waals surface area contributed by atoms with Gasteiger partial charge in [0.1, 0.15) is 6.04 Å². The molecule has 5 nitrogen and oxygen atoms in total. The van der Waals surface area contributed by atoms with E-state index in [4.69, 9.17) is 0 Å². The normalized spacial score (nSPS) is 12.8. The molecular formula is C22H25NO4. The highest BCUT2D eigenvalue weighted by molar-refractivity contribution is 5.99. The van der Waals surface area contributed by atoms with Crippen molar-refractivity contribution < 1.29 is 19.5 Å². The van der Waals surface area contributed by atoms with Crippen molar-refractivity contribution in [2.75, 3.05) is 0 Å². The Bertz CT molecular complexity index is 758. The third kappa shape index (κ3) is 6.37. The van der Waals surface area contributed by atoms with Crippen molar-refractivity contribution in [3.8, 4) is 0 Å². The summed E-state index contributed by atoms with van der Waals surface area (Å²) < 4.78 is 0. The molecule has 2 N–H and O–H groups in total. The van der Waals surface area contributed by atoms with Gasteiger partial charge in [-0.05, 0) is 18.4 Å². The number of benzene rings is 2. The zero-order valence-electron chi connectivity index (χ0n) is 15.4. The van der Waals surface area contributed by atoms with Crippen LogP contribution in [0.3, 0.4) is 0 Å². The van der Waals surface area contributed by atoms with Crippen LogP contribution in [0.15, 0.2) is 60.7 Å². The fourth-order valence-corrected chi connectivity index (χ4v) is 2.96. The second kappa shape index (κ2) is 10.3. The van der Waals surface area contributed by atoms with Crippen LogP contribution in [-0.4, -0.2) is 28.8 Å². The summed E-state index contributed by atoms with van der Waals surface area (Å²) in [5.74, 6) is -2.21. The Kier molecular flexibility index (Phi) is 7.74. The van der Waals surface area contributed by atoms with Gasteiger partial charge in [-0.15, -0.1) is 0 Å². The van der Waals surface area contributed by atoms with Gasteiger partial charge in [-0.3, -0.25) is 9.59 Å². The van der Waals surface area contributed by atoms with Crippen LogP contribution in [0.4, 0.5) is 0 Å². The first-order valence-corrected chi connectivity index (χ1v) is 9.16. The van der Waals surface area contributed by atoms with Crippen LogP contribution < -0.4 is 5.32 Å². The van der Waals surface area contributed by atoms with Crippen molar-refractivity contribution in [2.45, 2.75) is 38.6 Å². The van der Waals surface area contributed by atoms with E-state index in [1.807, 2.05) is 43.3 Å². The van der Waals surface area contributed by atoms with Gasteiger partial charge in [-0.2, -0.15) is 0 Å². The Morgan fingerprint density at radius 1 is 0.963 bits per heavy atom. The van der Waals surface area contributed by atoms with Crippen LogP contribution in [0, 0.1) is 5.92 Å². The van der Waals surface area contributed by atoms with E-state index in [0.29, 0.717) is 24.8 Å². The van der Waals surface area contributed by atoms with E-state index in [1.54, 1.807) is 24.3 Å². The molecule has 0 unspecified atom stereocenters. The van der Waals surface area contributed by atoms with Gasteiger partial charge in [0, 0.05) is 17.9 Å². The molecule has 1 amide bonds. The Hall–Kier alpha value is -2.95. The number of carboxylic acids is 1. The minimum absolute atomic E-state index is 0.0310. The molecule has 2 atom stereocenters. The van der Waals surface area contributed by atoms with E-state index >= 15 is 0 Å². The molecule has 0 aliphatic carbocycles. The predicted molar refractivity (Wildman–Crippen MR) is 104 cm³/mol. The quantitative estimate of drug-likeness (QED) is 0.630. The molecule has 5 heteroatoms. The number of carbonyl (C=O) groups excluding carboxylic acids is 2. The van der Waals surface area contributed by atoms with Crippen LogP contribution in [0.1, 0.15) is 42.1 Å². The van der Waals surface area contributed by atoms with Crippen molar-refractivity contribution in [3.63, 3.8) is 0 Å². The maximum absolute atomic E-state index is 12.8. The van der Waals surface area contributed by atoms with Crippen LogP contribution in [0.25, 0.3) is 0 Å². The summed E-state index contributed by atoms with van der Waals surface area (Å²) in [5, 5.41) is 11.9. The van der Waals surface area contributed by atoms with Gasteiger partial charge < -0.3 is 10.4 Å². The zero-order chi connectivity index (χ0) is 19.6. The number of rotatable bonds is 10. The first-order chi connectivity index (χ1) is 13.0. The molecule has 27 heavy (non-hydrogen) atoms. The summed E-state index contributed by atoms with van der Waals surface area (Å²) in [6, 6.07) is 17.3. The monoisotopic (exact) mass is 367 g/mol. The number of Topliss-reactive ketones (excluding diaryl/α,β-unsaturated/α-hetero) is 1. The molecule has 0 aliphatic rings. The summed E-state index contributed by atoms with van der Waals surface area (Å²) in [7, 11) is 0. The lowest BCUT2D eigenvalue weighted by molar-refractivity contribution is -0.142. The molecule has 142 valence electrons. The highest BCUT2D eigenvalue weighted by atomic mass is 16.4. The molecule has 2 rings (SSSR count). The summed E-state index contributed by atoms with van der Waals surface area (Å²) in [4.78, 5) is 36.7. The van der Waals surface area contributed by atoms with E-state index in [9.17, 15) is 19.5 Å². The summed E-state index contributed by atoms with van der Waals surface area (Å²) in [5.41, 5.74) is 1.48. The number of ketones is 1. The average Bonchev–Trinajstić information content (AvgIpc) is 2.68. The zero-order valence-corrected chi connectivity index (χ0v) is 15.4. The number of hydrogen-bond acceptors (Lipinski definition) is 3. The molecule has 0 aliphatic heterocycles. The van der Waals surface area contributed by atoms with Crippen LogP contribution in [-0.2, 0) is 16.0 Å². The van der Waals surface area contributed by atoms with Crippen molar-refractivity contribution in [1.82, 2.24) is 5.32 Å². The molecule has 2 aromatic rings. The molecule has 2 aromatic carbocycles. The Morgan fingerprint density at radius 3 is 2.11 bits per heavy atom. The standard InChI is InChI=1S/C22H25NO4/c1-2-9-19(22(26)27)23-21(25)18(14-16-10-5-3-6-11-16)15-20(24)17-12-7-4-8-13-17/h3-8,10-13,18-19H,2,9,14-15H2,1H3,(H,23,25)(H,26,27)/t18-,19+/m1/s1. The smallest absolute Gasteiger partial charge is 0.326 e. The number of hydrogen-bond donors (Lipinski definition) is 2. The largest absolute Gasteiger partial charge is 0.480 e. The summed E-state index contributed by atoms with van der Waals surface area (Å²) >= 11 is 0. The Labute approximate surface area is 159 Å². The lowest BCUT2D eigenvalue weighted by atomic mass is 9.91. The van der Waals surface area contributed by atoms with Crippen molar-refractivity contribution >= 4 is 17.7 Å². The molecule has 0 bridgehead atoms. The minimum Gasteiger partial charge on any atom is -0.480 e. The number of amides is 1. The highest BCUT2D eigenvalue weighted by Gasteiger charge is 2.27. The number of aliphatic carboxylic acids is 1. The fraction of sp³-hybridized carbons (Fsp3) is 0.318. The first-order valence-electron chi connectivity index (χ1n) is 9.16. The van der Waals surface area contributed by atoms with E-state index in [0.717, 1.165) is 5.56 Å². The molecule has 0 saturated heterocycles. The van der Waals surface area contributed by atoms with Gasteiger partial charge in [0.25, 0.3) is 0 Å². The summed E-state index contributed by atoms with van der Waals surface area (Å²) in [6.45, 7) is 1.86. The topological polar surface area (TPSA) is 83.5 Å². The Morgan fingerprint density at radius 2 is 1.56 bits per heavy atom. The molecule has 0 radical (unpaired) electrons. The second-order valence-corrected chi connectivity index (χ2v) is 6.57. The third-order valence-electron chi connectivity index (χ3n) is 4.42.